The Morgan fingerprint density at radius 3 is 2.39 bits per heavy atom. The van der Waals surface area contributed by atoms with E-state index in [4.69, 9.17) is 0 Å². The Balaban J connectivity index is 1.60. The minimum absolute atomic E-state index is 0.265. The van der Waals surface area contributed by atoms with Crippen LogP contribution >= 0.6 is 0 Å². The topological polar surface area (TPSA) is 87.7 Å². The number of nitrogens with zero attached hydrogens (tertiary/aromatic N) is 1. The molecule has 0 aliphatic carbocycles. The molecule has 1 heterocycles. The first-order chi connectivity index (χ1) is 14.9. The number of halogens is 2. The molecule has 3 rings (SSSR count). The minimum Gasteiger partial charge on any atom is -0.467 e. The number of piperidine rings is 1. The first kappa shape index (κ1) is 22.2. The van der Waals surface area contributed by atoms with Crippen LogP contribution in [0, 0.1) is 17.6 Å². The molecule has 3 amide bonds. The molecule has 1 atom stereocenters. The van der Waals surface area contributed by atoms with Gasteiger partial charge < -0.3 is 20.3 Å². The van der Waals surface area contributed by atoms with E-state index in [-0.39, 0.29) is 11.6 Å². The summed E-state index contributed by atoms with van der Waals surface area (Å²) < 4.78 is 32.4. The van der Waals surface area contributed by atoms with Gasteiger partial charge in [-0.2, -0.15) is 0 Å². The van der Waals surface area contributed by atoms with E-state index in [2.05, 4.69) is 15.4 Å². The highest BCUT2D eigenvalue weighted by Gasteiger charge is 2.32. The normalized spacial score (nSPS) is 15.1. The number of rotatable bonds is 5. The molecule has 2 aromatic rings. The Bertz CT molecular complexity index is 947. The molecule has 31 heavy (non-hydrogen) atoms. The van der Waals surface area contributed by atoms with Gasteiger partial charge in [0.2, 0.25) is 5.91 Å². The first-order valence-electron chi connectivity index (χ1n) is 9.83. The van der Waals surface area contributed by atoms with Crippen LogP contribution in [0.3, 0.4) is 0 Å². The second kappa shape index (κ2) is 10.0. The maximum absolute atomic E-state index is 14.2. The van der Waals surface area contributed by atoms with Crippen molar-refractivity contribution >= 4 is 23.6 Å². The molecule has 1 unspecified atom stereocenters. The average molecular weight is 431 g/mol. The van der Waals surface area contributed by atoms with E-state index in [0.29, 0.717) is 31.6 Å². The first-order valence-corrected chi connectivity index (χ1v) is 9.83. The maximum Gasteiger partial charge on any atom is 0.333 e. The number of likely N-dealkylation sites (tertiary alicyclic amines) is 1. The van der Waals surface area contributed by atoms with Crippen LogP contribution in [0.2, 0.25) is 0 Å². The zero-order chi connectivity index (χ0) is 22.4. The van der Waals surface area contributed by atoms with E-state index < -0.39 is 35.5 Å². The standard InChI is InChI=1S/C22H23F2N3O4/c1-31-21(29)19(17-13-15(23)7-8-18(17)24)26-20(28)14-9-11-27(12-10-14)22(30)25-16-5-3-2-4-6-16/h2-8,13-14,19H,9-12H2,1H3,(H,25,30)(H,26,28). The van der Waals surface area contributed by atoms with Gasteiger partial charge in [-0.25, -0.2) is 18.4 Å². The molecule has 1 aliphatic rings. The molecule has 0 spiro atoms. The molecule has 7 nitrogen and oxygen atoms in total. The number of hydrogen-bond donors (Lipinski definition) is 2. The Kier molecular flexibility index (Phi) is 7.17. The predicted octanol–water partition coefficient (Wildman–Crippen LogP) is 3.24. The monoisotopic (exact) mass is 431 g/mol. The van der Waals surface area contributed by atoms with Crippen LogP contribution in [0.15, 0.2) is 48.5 Å². The molecule has 2 aromatic carbocycles. The van der Waals surface area contributed by atoms with Gasteiger partial charge in [0, 0.05) is 30.3 Å². The summed E-state index contributed by atoms with van der Waals surface area (Å²) in [6, 6.07) is 9.95. The van der Waals surface area contributed by atoms with Gasteiger partial charge in [0.25, 0.3) is 0 Å². The Hall–Kier alpha value is -3.49. The number of esters is 1. The highest BCUT2D eigenvalue weighted by atomic mass is 19.1. The molecule has 9 heteroatoms. The molecule has 1 fully saturated rings. The Labute approximate surface area is 178 Å². The summed E-state index contributed by atoms with van der Waals surface area (Å²) in [6.07, 6.45) is 0.737. The lowest BCUT2D eigenvalue weighted by Gasteiger charge is -2.32. The summed E-state index contributed by atoms with van der Waals surface area (Å²) >= 11 is 0. The molecule has 0 radical (unpaired) electrons. The van der Waals surface area contributed by atoms with E-state index in [0.717, 1.165) is 25.3 Å². The SMILES string of the molecule is COC(=O)C(NC(=O)C1CCN(C(=O)Nc2ccccc2)CC1)c1cc(F)ccc1F. The smallest absolute Gasteiger partial charge is 0.333 e. The summed E-state index contributed by atoms with van der Waals surface area (Å²) in [5.74, 6) is -3.44. The minimum atomic E-state index is -1.47. The zero-order valence-corrected chi connectivity index (χ0v) is 16.9. The fourth-order valence-corrected chi connectivity index (χ4v) is 3.45. The van der Waals surface area contributed by atoms with Crippen molar-refractivity contribution < 1.29 is 27.9 Å². The van der Waals surface area contributed by atoms with Gasteiger partial charge in [-0.05, 0) is 43.2 Å². The van der Waals surface area contributed by atoms with Crippen molar-refractivity contribution in [1.82, 2.24) is 10.2 Å². The largest absolute Gasteiger partial charge is 0.467 e. The molecule has 2 N–H and O–H groups in total. The lowest BCUT2D eigenvalue weighted by atomic mass is 9.95. The van der Waals surface area contributed by atoms with Gasteiger partial charge in [-0.1, -0.05) is 18.2 Å². The van der Waals surface area contributed by atoms with Crippen molar-refractivity contribution in [2.75, 3.05) is 25.5 Å². The van der Waals surface area contributed by atoms with E-state index in [9.17, 15) is 23.2 Å². The van der Waals surface area contributed by atoms with Gasteiger partial charge >= 0.3 is 12.0 Å². The number of hydrogen-bond acceptors (Lipinski definition) is 4. The molecule has 1 aliphatic heterocycles. The molecule has 164 valence electrons. The summed E-state index contributed by atoms with van der Waals surface area (Å²) in [5, 5.41) is 5.26. The number of methoxy groups -OCH3 is 1. The molecule has 0 aromatic heterocycles. The highest BCUT2D eigenvalue weighted by molar-refractivity contribution is 5.90. The lowest BCUT2D eigenvalue weighted by molar-refractivity contribution is -0.146. The van der Waals surface area contributed by atoms with Crippen molar-refractivity contribution in [2.45, 2.75) is 18.9 Å². The predicted molar refractivity (Wildman–Crippen MR) is 109 cm³/mol. The number of ether oxygens (including phenoxy) is 1. The number of urea groups is 1. The van der Waals surface area contributed by atoms with Gasteiger partial charge in [0.1, 0.15) is 11.6 Å². The van der Waals surface area contributed by atoms with Crippen molar-refractivity contribution in [2.24, 2.45) is 5.92 Å². The second-order valence-electron chi connectivity index (χ2n) is 7.19. The van der Waals surface area contributed by atoms with Crippen molar-refractivity contribution in [3.8, 4) is 0 Å². The summed E-state index contributed by atoms with van der Waals surface area (Å²) in [4.78, 5) is 38.8. The van der Waals surface area contributed by atoms with Crippen molar-refractivity contribution in [3.63, 3.8) is 0 Å². The van der Waals surface area contributed by atoms with Crippen LogP contribution in [0.25, 0.3) is 0 Å². The summed E-state index contributed by atoms with van der Waals surface area (Å²) in [5.41, 5.74) is 0.366. The van der Waals surface area contributed by atoms with Crippen LogP contribution in [-0.4, -0.2) is 43.0 Å². The van der Waals surface area contributed by atoms with E-state index in [1.807, 2.05) is 18.2 Å². The third-order valence-corrected chi connectivity index (χ3v) is 5.17. The molecule has 0 saturated carbocycles. The van der Waals surface area contributed by atoms with Crippen molar-refractivity contribution in [3.05, 3.63) is 65.7 Å². The molecular weight excluding hydrogens is 408 g/mol. The molecular formula is C22H23F2N3O4. The highest BCUT2D eigenvalue weighted by Crippen LogP contribution is 2.23. The summed E-state index contributed by atoms with van der Waals surface area (Å²) in [7, 11) is 1.10. The number of amides is 3. The summed E-state index contributed by atoms with van der Waals surface area (Å²) in [6.45, 7) is 0.682. The molecule has 0 bridgehead atoms. The zero-order valence-electron chi connectivity index (χ0n) is 16.9. The number of carbonyl (C=O) groups excluding carboxylic acids is 3. The Morgan fingerprint density at radius 2 is 1.74 bits per heavy atom. The van der Waals surface area contributed by atoms with E-state index in [1.165, 1.54) is 0 Å². The van der Waals surface area contributed by atoms with Gasteiger partial charge in [-0.3, -0.25) is 4.79 Å². The van der Waals surface area contributed by atoms with Crippen LogP contribution < -0.4 is 10.6 Å². The van der Waals surface area contributed by atoms with Gasteiger partial charge in [0.15, 0.2) is 6.04 Å². The van der Waals surface area contributed by atoms with Gasteiger partial charge in [-0.15, -0.1) is 0 Å². The number of anilines is 1. The fraction of sp³-hybridized carbons (Fsp3) is 0.318. The third-order valence-electron chi connectivity index (χ3n) is 5.17. The number of nitrogens with one attached hydrogen (secondary N) is 2. The number of carbonyl (C=O) groups is 3. The van der Waals surface area contributed by atoms with Crippen LogP contribution in [0.4, 0.5) is 19.3 Å². The maximum atomic E-state index is 14.2. The quantitative estimate of drug-likeness (QED) is 0.712. The fourth-order valence-electron chi connectivity index (χ4n) is 3.45. The average Bonchev–Trinajstić information content (AvgIpc) is 2.79. The molecule has 1 saturated heterocycles. The van der Waals surface area contributed by atoms with Crippen LogP contribution in [0.1, 0.15) is 24.4 Å². The second-order valence-corrected chi connectivity index (χ2v) is 7.19. The van der Waals surface area contributed by atoms with Crippen LogP contribution in [0.5, 0.6) is 0 Å². The lowest BCUT2D eigenvalue weighted by Crippen LogP contribution is -2.46. The van der Waals surface area contributed by atoms with Crippen LogP contribution in [-0.2, 0) is 14.3 Å². The van der Waals surface area contributed by atoms with E-state index in [1.54, 1.807) is 17.0 Å². The van der Waals surface area contributed by atoms with Gasteiger partial charge in [0.05, 0.1) is 7.11 Å². The van der Waals surface area contributed by atoms with E-state index >= 15 is 0 Å². The third kappa shape index (κ3) is 5.56. The number of benzene rings is 2. The number of para-hydroxylation sites is 1. The Morgan fingerprint density at radius 1 is 1.06 bits per heavy atom. The van der Waals surface area contributed by atoms with Crippen molar-refractivity contribution in [1.29, 1.82) is 0 Å².